The van der Waals surface area contributed by atoms with E-state index in [1.165, 1.54) is 54.4 Å². The van der Waals surface area contributed by atoms with E-state index >= 15 is 0 Å². The van der Waals surface area contributed by atoms with Gasteiger partial charge in [0, 0.05) is 0 Å². The van der Waals surface area contributed by atoms with Crippen LogP contribution in [0.5, 0.6) is 0 Å². The third-order valence-electron chi connectivity index (χ3n) is 5.88. The van der Waals surface area contributed by atoms with Gasteiger partial charge in [-0.05, 0) is 0 Å². The monoisotopic (exact) mass is 471 g/mol. The molecule has 3 heteroatoms. The molecule has 2 aromatic carbocycles. The van der Waals surface area contributed by atoms with Gasteiger partial charge < -0.3 is 24.8 Å². The summed E-state index contributed by atoms with van der Waals surface area (Å²) < 4.78 is 2.69. The molecule has 3 aliphatic carbocycles. The van der Waals surface area contributed by atoms with Crippen LogP contribution in [0.1, 0.15) is 58.8 Å². The second-order valence-corrected chi connectivity index (χ2v) is 11.3. The molecule has 0 aromatic heterocycles. The van der Waals surface area contributed by atoms with Crippen LogP contribution in [-0.2, 0) is 22.8 Å². The summed E-state index contributed by atoms with van der Waals surface area (Å²) in [6.45, 7) is 0. The standard InChI is InChI=1S/C18H13.C6H10.2ClH.Zr/c1-2-7-13(6-1)15-10-5-11-17-16-9-4-3-8-14(16)12-18(15)17;1-2-4-6-5-3-1;;;/h1-6,8-12H,7H2;1-5H2;2*1H;/q;;;;+2/p-2. The first-order valence-corrected chi connectivity index (χ1v) is 12.3. The number of halogens is 2. The van der Waals surface area contributed by atoms with Crippen LogP contribution in [0.3, 0.4) is 0 Å². The maximum absolute atomic E-state index is 2.41. The van der Waals surface area contributed by atoms with Crippen molar-refractivity contribution >= 4 is 8.78 Å². The van der Waals surface area contributed by atoms with Crippen LogP contribution in [0.15, 0.2) is 60.7 Å². The van der Waals surface area contributed by atoms with Gasteiger partial charge in [0.05, 0.1) is 0 Å². The van der Waals surface area contributed by atoms with Crippen LogP contribution in [-0.4, -0.2) is 3.21 Å². The molecule has 0 spiro atoms. The Balaban J connectivity index is 0.00000105. The van der Waals surface area contributed by atoms with E-state index in [4.69, 9.17) is 0 Å². The Morgan fingerprint density at radius 3 is 2.30 bits per heavy atom. The van der Waals surface area contributed by atoms with Gasteiger partial charge in [-0.2, -0.15) is 0 Å². The molecule has 0 N–H and O–H groups in total. The Hall–Kier alpha value is -0.747. The fourth-order valence-corrected chi connectivity index (χ4v) is 9.37. The largest absolute Gasteiger partial charge is 1.00 e. The van der Waals surface area contributed by atoms with Crippen molar-refractivity contribution in [1.29, 1.82) is 0 Å². The number of rotatable bonds is 2. The third kappa shape index (κ3) is 3.89. The van der Waals surface area contributed by atoms with Gasteiger partial charge in [0.1, 0.15) is 0 Å². The molecular weight excluding hydrogens is 450 g/mol. The van der Waals surface area contributed by atoms with E-state index in [9.17, 15) is 0 Å². The van der Waals surface area contributed by atoms with Gasteiger partial charge in [-0.15, -0.1) is 0 Å². The first-order valence-electron chi connectivity index (χ1n) is 9.61. The van der Waals surface area contributed by atoms with Gasteiger partial charge in [0.25, 0.3) is 0 Å². The molecule has 3 aliphatic rings. The summed E-state index contributed by atoms with van der Waals surface area (Å²) >= 11 is -0.592. The van der Waals surface area contributed by atoms with E-state index < -0.39 is 22.8 Å². The van der Waals surface area contributed by atoms with Crippen molar-refractivity contribution in [2.45, 2.75) is 42.2 Å². The van der Waals surface area contributed by atoms with E-state index in [-0.39, 0.29) is 24.8 Å². The fourth-order valence-electron chi connectivity index (χ4n) is 4.66. The minimum Gasteiger partial charge on any atom is -1.00 e. The number of allylic oxidation sites excluding steroid dienone is 4. The summed E-state index contributed by atoms with van der Waals surface area (Å²) in [5.74, 6) is 0. The van der Waals surface area contributed by atoms with Crippen LogP contribution in [0.25, 0.3) is 16.7 Å². The molecule has 0 bridgehead atoms. The average molecular weight is 474 g/mol. The molecule has 2 aromatic rings. The summed E-state index contributed by atoms with van der Waals surface area (Å²) in [5, 5.41) is 0. The molecule has 1 saturated carbocycles. The summed E-state index contributed by atoms with van der Waals surface area (Å²) in [6, 6.07) is 16.2. The summed E-state index contributed by atoms with van der Waals surface area (Å²) in [7, 11) is 0. The van der Waals surface area contributed by atoms with Crippen LogP contribution in [0.4, 0.5) is 0 Å². The van der Waals surface area contributed by atoms with Crippen molar-refractivity contribution in [3.05, 3.63) is 77.4 Å². The van der Waals surface area contributed by atoms with Crippen LogP contribution < -0.4 is 24.8 Å². The molecule has 0 radical (unpaired) electrons. The van der Waals surface area contributed by atoms with Crippen molar-refractivity contribution < 1.29 is 47.6 Å². The molecule has 1 unspecified atom stereocenters. The van der Waals surface area contributed by atoms with Crippen molar-refractivity contribution in [3.8, 4) is 11.1 Å². The molecule has 137 valence electrons. The maximum atomic E-state index is 2.41. The molecule has 0 heterocycles. The van der Waals surface area contributed by atoms with Crippen LogP contribution in [0, 0.1) is 0 Å². The number of hydrogen-bond acceptors (Lipinski definition) is 0. The van der Waals surface area contributed by atoms with E-state index in [2.05, 4.69) is 60.7 Å². The van der Waals surface area contributed by atoms with Crippen LogP contribution in [0.2, 0.25) is 0 Å². The molecule has 1 fully saturated rings. The minimum absolute atomic E-state index is 0. The molecule has 0 aliphatic heterocycles. The van der Waals surface area contributed by atoms with Crippen molar-refractivity contribution in [1.82, 2.24) is 0 Å². The molecule has 0 amide bonds. The Kier molecular flexibility index (Phi) is 7.12. The van der Waals surface area contributed by atoms with Gasteiger partial charge in [-0.3, -0.25) is 0 Å². The smallest absolute Gasteiger partial charge is 1.00 e. The number of fused-ring (bicyclic) bond motifs is 3. The normalized spacial score (nSPS) is 19.3. The topological polar surface area (TPSA) is 0 Å². The zero-order valence-corrected chi connectivity index (χ0v) is 19.3. The van der Waals surface area contributed by atoms with Gasteiger partial charge in [-0.25, -0.2) is 0 Å². The first-order chi connectivity index (χ1) is 12.4. The van der Waals surface area contributed by atoms with E-state index in [1.807, 2.05) is 3.21 Å². The molecule has 5 rings (SSSR count). The minimum atomic E-state index is -0.592. The Morgan fingerprint density at radius 1 is 0.778 bits per heavy atom. The van der Waals surface area contributed by atoms with Gasteiger partial charge >= 0.3 is 162 Å². The molecule has 1 atom stereocenters. The maximum Gasteiger partial charge on any atom is -1.00 e. The summed E-state index contributed by atoms with van der Waals surface area (Å²) in [5.41, 5.74) is 9.37. The second-order valence-electron chi connectivity index (χ2n) is 7.42. The fraction of sp³-hybridized carbons (Fsp3) is 0.292. The van der Waals surface area contributed by atoms with Gasteiger partial charge in [-0.1, -0.05) is 0 Å². The Labute approximate surface area is 186 Å². The predicted molar refractivity (Wildman–Crippen MR) is 104 cm³/mol. The number of benzene rings is 2. The third-order valence-corrected chi connectivity index (χ3v) is 10.3. The van der Waals surface area contributed by atoms with Crippen molar-refractivity contribution in [2.24, 2.45) is 0 Å². The van der Waals surface area contributed by atoms with Gasteiger partial charge in [0.15, 0.2) is 0 Å². The zero-order chi connectivity index (χ0) is 16.6. The average Bonchev–Trinajstić information content (AvgIpc) is 3.30. The summed E-state index contributed by atoms with van der Waals surface area (Å²) in [6.07, 6.45) is 15.1. The second kappa shape index (κ2) is 9.17. The molecular formula is C24H23Cl2Zr. The van der Waals surface area contributed by atoms with E-state index in [0.29, 0.717) is 0 Å². The Bertz CT molecular complexity index is 916. The summed E-state index contributed by atoms with van der Waals surface area (Å²) in [4.78, 5) is 0. The number of hydrogen-bond donors (Lipinski definition) is 0. The zero-order valence-electron chi connectivity index (χ0n) is 15.3. The quantitative estimate of drug-likeness (QED) is 0.590. The molecule has 27 heavy (non-hydrogen) atoms. The SMILES string of the molecule is C1=CCC(c2cccc3c2[CH]([Zr+2]=[C]2CCCCC2)c2ccccc2-3)=C1.[Cl-].[Cl-]. The van der Waals surface area contributed by atoms with Gasteiger partial charge in [0.2, 0.25) is 0 Å². The van der Waals surface area contributed by atoms with Crippen molar-refractivity contribution in [2.75, 3.05) is 0 Å². The van der Waals surface area contributed by atoms with E-state index in [0.717, 1.165) is 10.0 Å². The van der Waals surface area contributed by atoms with E-state index in [1.54, 1.807) is 11.1 Å². The van der Waals surface area contributed by atoms with Crippen molar-refractivity contribution in [3.63, 3.8) is 0 Å². The first kappa shape index (κ1) is 21.0. The van der Waals surface area contributed by atoms with Crippen LogP contribution >= 0.6 is 0 Å². The molecule has 0 saturated heterocycles. The molecule has 0 nitrogen and oxygen atoms in total. The Morgan fingerprint density at radius 2 is 1.52 bits per heavy atom. The predicted octanol–water partition coefficient (Wildman–Crippen LogP) is 0.327.